The molecule has 190 valence electrons. The molecule has 0 aliphatic heterocycles. The van der Waals surface area contributed by atoms with Gasteiger partial charge in [-0.25, -0.2) is 4.79 Å². The monoisotopic (exact) mass is 506 g/mol. The van der Waals surface area contributed by atoms with Crippen LogP contribution in [-0.2, 0) is 4.79 Å². The van der Waals surface area contributed by atoms with Gasteiger partial charge in [0.15, 0.2) is 0 Å². The summed E-state index contributed by atoms with van der Waals surface area (Å²) in [5, 5.41) is 12.4. The summed E-state index contributed by atoms with van der Waals surface area (Å²) in [6, 6.07) is 22.8. The molecule has 0 bridgehead atoms. The quantitative estimate of drug-likeness (QED) is 0.264. The first-order valence-corrected chi connectivity index (χ1v) is 13.2. The fourth-order valence-corrected chi connectivity index (χ4v) is 4.74. The summed E-state index contributed by atoms with van der Waals surface area (Å²) in [7, 11) is 0. The number of amides is 2. The molecule has 2 N–H and O–H groups in total. The van der Waals surface area contributed by atoms with E-state index in [1.54, 1.807) is 16.7 Å². The molecule has 3 aromatic carbocycles. The Balaban J connectivity index is 1.79. The Morgan fingerprint density at radius 3 is 2.39 bits per heavy atom. The number of rotatable bonds is 12. The average Bonchev–Trinajstić information content (AvgIpc) is 2.87. The Hall–Kier alpha value is -3.45. The standard InChI is InChI=1S/C29H34N2O4S/c1-4-7-19-31(29(34)30-26-13-8-9-14-27(26)35-6-3)22-11-10-12-24(20-22)36-23-17-15-21(16-18-23)25(5-2)28(32)33/h8-18,20,25H,4-7,19H2,1-3H3,(H,30,34)(H,32,33). The van der Waals surface area contributed by atoms with Gasteiger partial charge in [0.25, 0.3) is 0 Å². The van der Waals surface area contributed by atoms with Crippen molar-refractivity contribution >= 4 is 35.1 Å². The highest BCUT2D eigenvalue weighted by Gasteiger charge is 2.19. The van der Waals surface area contributed by atoms with Crippen LogP contribution in [0.4, 0.5) is 16.2 Å². The molecule has 2 amide bonds. The Bertz CT molecular complexity index is 1150. The Morgan fingerprint density at radius 1 is 0.972 bits per heavy atom. The maximum absolute atomic E-state index is 13.3. The number of nitrogens with zero attached hydrogens (tertiary/aromatic N) is 1. The number of unbranched alkanes of at least 4 members (excludes halogenated alkanes) is 1. The van der Waals surface area contributed by atoms with E-state index in [0.29, 0.717) is 31.0 Å². The number of anilines is 2. The summed E-state index contributed by atoms with van der Waals surface area (Å²) in [5.74, 6) is -0.657. The highest BCUT2D eigenvalue weighted by molar-refractivity contribution is 7.99. The van der Waals surface area contributed by atoms with Crippen molar-refractivity contribution in [1.82, 2.24) is 0 Å². The van der Waals surface area contributed by atoms with Gasteiger partial charge in [-0.2, -0.15) is 0 Å². The first kappa shape index (κ1) is 27.1. The van der Waals surface area contributed by atoms with Crippen molar-refractivity contribution in [1.29, 1.82) is 0 Å². The fourth-order valence-electron chi connectivity index (χ4n) is 3.87. The zero-order valence-electron chi connectivity index (χ0n) is 21.1. The SMILES string of the molecule is CCCCN(C(=O)Nc1ccccc1OCC)c1cccc(Sc2ccc(C(CC)C(=O)O)cc2)c1. The van der Waals surface area contributed by atoms with Crippen LogP contribution in [0.5, 0.6) is 5.75 Å². The second-order valence-corrected chi connectivity index (χ2v) is 9.48. The minimum absolute atomic E-state index is 0.207. The molecule has 0 spiro atoms. The summed E-state index contributed by atoms with van der Waals surface area (Å²) in [6.07, 6.45) is 2.39. The van der Waals surface area contributed by atoms with E-state index in [9.17, 15) is 14.7 Å². The number of hydrogen-bond donors (Lipinski definition) is 2. The molecule has 0 heterocycles. The highest BCUT2D eigenvalue weighted by atomic mass is 32.2. The number of urea groups is 1. The van der Waals surface area contributed by atoms with Crippen molar-refractivity contribution < 1.29 is 19.4 Å². The van der Waals surface area contributed by atoms with Crippen LogP contribution in [0.2, 0.25) is 0 Å². The van der Waals surface area contributed by atoms with E-state index in [4.69, 9.17) is 4.74 Å². The third-order valence-corrected chi connectivity index (χ3v) is 6.76. The summed E-state index contributed by atoms with van der Waals surface area (Å²) in [5.41, 5.74) is 2.26. The van der Waals surface area contributed by atoms with Crippen LogP contribution >= 0.6 is 11.8 Å². The molecule has 1 unspecified atom stereocenters. The third kappa shape index (κ3) is 7.28. The van der Waals surface area contributed by atoms with E-state index in [-0.39, 0.29) is 6.03 Å². The molecule has 0 radical (unpaired) electrons. The average molecular weight is 507 g/mol. The second-order valence-electron chi connectivity index (χ2n) is 8.33. The molecule has 0 aliphatic rings. The topological polar surface area (TPSA) is 78.9 Å². The maximum Gasteiger partial charge on any atom is 0.326 e. The summed E-state index contributed by atoms with van der Waals surface area (Å²) >= 11 is 1.58. The molecule has 1 atom stereocenters. The minimum atomic E-state index is -0.806. The lowest BCUT2D eigenvalue weighted by molar-refractivity contribution is -0.138. The minimum Gasteiger partial charge on any atom is -0.492 e. The first-order chi connectivity index (χ1) is 17.5. The lowest BCUT2D eigenvalue weighted by Crippen LogP contribution is -2.36. The van der Waals surface area contributed by atoms with Crippen LogP contribution in [0.25, 0.3) is 0 Å². The van der Waals surface area contributed by atoms with Crippen molar-refractivity contribution in [2.45, 2.75) is 55.7 Å². The molecule has 36 heavy (non-hydrogen) atoms. The molecular weight excluding hydrogens is 472 g/mol. The molecule has 0 aromatic heterocycles. The van der Waals surface area contributed by atoms with Gasteiger partial charge < -0.3 is 15.2 Å². The molecule has 0 saturated carbocycles. The van der Waals surface area contributed by atoms with Crippen LogP contribution in [-0.4, -0.2) is 30.3 Å². The number of aliphatic carboxylic acids is 1. The summed E-state index contributed by atoms with van der Waals surface area (Å²) < 4.78 is 5.66. The van der Waals surface area contributed by atoms with Crippen LogP contribution < -0.4 is 15.0 Å². The number of carboxylic acid groups (broad SMARTS) is 1. The number of para-hydroxylation sites is 2. The number of carboxylic acids is 1. The maximum atomic E-state index is 13.3. The van der Waals surface area contributed by atoms with Gasteiger partial charge in [0.1, 0.15) is 5.75 Å². The first-order valence-electron chi connectivity index (χ1n) is 12.4. The predicted molar refractivity (Wildman–Crippen MR) is 147 cm³/mol. The molecular formula is C29H34N2O4S. The van der Waals surface area contributed by atoms with Gasteiger partial charge in [0.05, 0.1) is 18.2 Å². The molecule has 7 heteroatoms. The van der Waals surface area contributed by atoms with Crippen LogP contribution in [0.1, 0.15) is 51.5 Å². The number of benzene rings is 3. The smallest absolute Gasteiger partial charge is 0.326 e. The predicted octanol–water partition coefficient (Wildman–Crippen LogP) is 7.65. The fraction of sp³-hybridized carbons (Fsp3) is 0.310. The molecule has 3 aromatic rings. The normalized spacial score (nSPS) is 11.5. The number of carbonyl (C=O) groups excluding carboxylic acids is 1. The summed E-state index contributed by atoms with van der Waals surface area (Å²) in [6.45, 7) is 7.00. The van der Waals surface area contributed by atoms with E-state index in [1.807, 2.05) is 86.6 Å². The van der Waals surface area contributed by atoms with Crippen LogP contribution in [0, 0.1) is 0 Å². The molecule has 3 rings (SSSR count). The van der Waals surface area contributed by atoms with Gasteiger partial charge in [0, 0.05) is 22.0 Å². The van der Waals surface area contributed by atoms with Crippen molar-refractivity contribution in [2.75, 3.05) is 23.4 Å². The molecule has 0 aliphatic carbocycles. The Kier molecular flexibility index (Phi) is 10.2. The second kappa shape index (κ2) is 13.6. The number of hydrogen-bond acceptors (Lipinski definition) is 4. The van der Waals surface area contributed by atoms with Gasteiger partial charge in [-0.3, -0.25) is 9.69 Å². The third-order valence-electron chi connectivity index (χ3n) is 5.76. The summed E-state index contributed by atoms with van der Waals surface area (Å²) in [4.78, 5) is 28.6. The van der Waals surface area contributed by atoms with Crippen molar-refractivity contribution in [3.63, 3.8) is 0 Å². The lowest BCUT2D eigenvalue weighted by atomic mass is 9.97. The van der Waals surface area contributed by atoms with Gasteiger partial charge in [0.2, 0.25) is 0 Å². The van der Waals surface area contributed by atoms with Gasteiger partial charge >= 0.3 is 12.0 Å². The van der Waals surface area contributed by atoms with E-state index in [0.717, 1.165) is 33.9 Å². The Morgan fingerprint density at radius 2 is 1.72 bits per heavy atom. The largest absolute Gasteiger partial charge is 0.492 e. The zero-order chi connectivity index (χ0) is 25.9. The van der Waals surface area contributed by atoms with Crippen molar-refractivity contribution in [3.8, 4) is 5.75 Å². The number of ether oxygens (including phenoxy) is 1. The van der Waals surface area contributed by atoms with Crippen molar-refractivity contribution in [2.24, 2.45) is 0 Å². The number of nitrogens with one attached hydrogen (secondary N) is 1. The van der Waals surface area contributed by atoms with Crippen molar-refractivity contribution in [3.05, 3.63) is 78.4 Å². The molecule has 6 nitrogen and oxygen atoms in total. The van der Waals surface area contributed by atoms with E-state index >= 15 is 0 Å². The van der Waals surface area contributed by atoms with Gasteiger partial charge in [-0.1, -0.05) is 62.4 Å². The van der Waals surface area contributed by atoms with Crippen LogP contribution in [0.15, 0.2) is 82.6 Å². The van der Waals surface area contributed by atoms with Crippen LogP contribution in [0.3, 0.4) is 0 Å². The molecule has 0 fully saturated rings. The van der Waals surface area contributed by atoms with E-state index in [2.05, 4.69) is 12.2 Å². The van der Waals surface area contributed by atoms with Gasteiger partial charge in [-0.15, -0.1) is 0 Å². The van der Waals surface area contributed by atoms with E-state index in [1.165, 1.54) is 0 Å². The highest BCUT2D eigenvalue weighted by Crippen LogP contribution is 2.32. The van der Waals surface area contributed by atoms with Gasteiger partial charge in [-0.05, 0) is 67.8 Å². The lowest BCUT2D eigenvalue weighted by Gasteiger charge is -2.24. The molecule has 0 saturated heterocycles. The zero-order valence-corrected chi connectivity index (χ0v) is 21.9. The number of carbonyl (C=O) groups is 2. The Labute approximate surface area is 217 Å². The van der Waals surface area contributed by atoms with E-state index < -0.39 is 11.9 Å².